The summed E-state index contributed by atoms with van der Waals surface area (Å²) in [5.74, 6) is -1.20. The van der Waals surface area contributed by atoms with E-state index in [1.54, 1.807) is 18.2 Å². The molecule has 0 aliphatic carbocycles. The predicted octanol–water partition coefficient (Wildman–Crippen LogP) is 3.25. The number of nitro groups is 2. The van der Waals surface area contributed by atoms with Gasteiger partial charge in [-0.3, -0.25) is 25.0 Å². The van der Waals surface area contributed by atoms with Gasteiger partial charge in [-0.1, -0.05) is 24.3 Å². The molecule has 0 radical (unpaired) electrons. The fourth-order valence-corrected chi connectivity index (χ4v) is 2.63. The summed E-state index contributed by atoms with van der Waals surface area (Å²) in [6.07, 6.45) is 1.30. The van der Waals surface area contributed by atoms with Gasteiger partial charge in [0.25, 0.3) is 11.6 Å². The maximum Gasteiger partial charge on any atom is 0.343 e. The summed E-state index contributed by atoms with van der Waals surface area (Å²) >= 11 is 0. The van der Waals surface area contributed by atoms with Crippen LogP contribution in [0.15, 0.2) is 77.9 Å². The van der Waals surface area contributed by atoms with Crippen molar-refractivity contribution < 1.29 is 28.9 Å². The van der Waals surface area contributed by atoms with E-state index >= 15 is 0 Å². The summed E-state index contributed by atoms with van der Waals surface area (Å²) in [5, 5.41) is 25.4. The van der Waals surface area contributed by atoms with Crippen LogP contribution in [0, 0.1) is 20.2 Å². The molecule has 12 heteroatoms. The van der Waals surface area contributed by atoms with Gasteiger partial charge in [0.05, 0.1) is 21.6 Å². The van der Waals surface area contributed by atoms with Gasteiger partial charge < -0.3 is 9.47 Å². The number of nitrogens with zero attached hydrogens (tertiary/aromatic N) is 3. The number of hydrazone groups is 1. The van der Waals surface area contributed by atoms with Gasteiger partial charge >= 0.3 is 11.7 Å². The second-order valence-electron chi connectivity index (χ2n) is 6.57. The first-order valence-electron chi connectivity index (χ1n) is 9.58. The summed E-state index contributed by atoms with van der Waals surface area (Å²) in [6, 6.07) is 16.9. The van der Waals surface area contributed by atoms with Crippen molar-refractivity contribution in [1.29, 1.82) is 0 Å². The van der Waals surface area contributed by atoms with Crippen LogP contribution >= 0.6 is 0 Å². The third-order valence-electron chi connectivity index (χ3n) is 4.21. The molecule has 1 N–H and O–H groups in total. The number of carbonyl (C=O) groups excluding carboxylic acids is 2. The summed E-state index contributed by atoms with van der Waals surface area (Å²) in [6.45, 7) is -0.491. The van der Waals surface area contributed by atoms with Gasteiger partial charge in [0.2, 0.25) is 0 Å². The molecule has 0 bridgehead atoms. The van der Waals surface area contributed by atoms with Crippen LogP contribution in [0.2, 0.25) is 0 Å². The molecule has 0 aromatic heterocycles. The number of nitrogens with one attached hydrogen (secondary N) is 1. The van der Waals surface area contributed by atoms with E-state index in [-0.39, 0.29) is 28.4 Å². The molecule has 172 valence electrons. The summed E-state index contributed by atoms with van der Waals surface area (Å²) in [5.41, 5.74) is 2.44. The topological polar surface area (TPSA) is 163 Å². The highest BCUT2D eigenvalue weighted by molar-refractivity contribution is 5.91. The van der Waals surface area contributed by atoms with Gasteiger partial charge in [-0.25, -0.2) is 10.2 Å². The Morgan fingerprint density at radius 1 is 0.941 bits per heavy atom. The lowest BCUT2D eigenvalue weighted by Crippen LogP contribution is -2.24. The van der Waals surface area contributed by atoms with Crippen LogP contribution in [-0.4, -0.2) is 34.5 Å². The number of esters is 1. The van der Waals surface area contributed by atoms with Crippen molar-refractivity contribution in [1.82, 2.24) is 5.43 Å². The number of benzene rings is 3. The number of carbonyl (C=O) groups is 2. The Balaban J connectivity index is 1.54. The molecular formula is C22H16N4O8. The zero-order valence-electron chi connectivity index (χ0n) is 17.3. The Hall–Kier alpha value is -5.13. The van der Waals surface area contributed by atoms with Crippen molar-refractivity contribution in [2.24, 2.45) is 5.10 Å². The van der Waals surface area contributed by atoms with E-state index < -0.39 is 28.3 Å². The molecule has 3 aromatic carbocycles. The lowest BCUT2D eigenvalue weighted by Gasteiger charge is -2.06. The molecular weight excluding hydrogens is 448 g/mol. The largest absolute Gasteiger partial charge is 0.477 e. The lowest BCUT2D eigenvalue weighted by molar-refractivity contribution is -0.385. The fraction of sp³-hybridized carbons (Fsp3) is 0.0455. The van der Waals surface area contributed by atoms with Gasteiger partial charge in [-0.2, -0.15) is 5.10 Å². The minimum atomic E-state index is -0.704. The van der Waals surface area contributed by atoms with Crippen molar-refractivity contribution >= 4 is 29.5 Å². The molecule has 0 saturated carbocycles. The molecule has 0 atom stereocenters. The summed E-state index contributed by atoms with van der Waals surface area (Å²) in [7, 11) is 0. The van der Waals surface area contributed by atoms with Crippen LogP contribution in [0.25, 0.3) is 0 Å². The van der Waals surface area contributed by atoms with Crippen LogP contribution in [0.3, 0.4) is 0 Å². The molecule has 0 aliphatic rings. The Morgan fingerprint density at radius 3 is 2.38 bits per heavy atom. The first-order valence-corrected chi connectivity index (χ1v) is 9.58. The highest BCUT2D eigenvalue weighted by Gasteiger charge is 2.15. The number of hydrogen-bond donors (Lipinski definition) is 1. The number of amides is 1. The molecule has 0 unspecified atom stereocenters. The molecule has 3 aromatic rings. The van der Waals surface area contributed by atoms with Crippen molar-refractivity contribution in [3.8, 4) is 11.5 Å². The maximum absolute atomic E-state index is 12.2. The number of nitro benzene ring substituents is 2. The Morgan fingerprint density at radius 2 is 1.68 bits per heavy atom. The normalized spacial score (nSPS) is 10.5. The smallest absolute Gasteiger partial charge is 0.343 e. The Labute approximate surface area is 191 Å². The third kappa shape index (κ3) is 6.43. The number of non-ortho nitro benzene ring substituents is 1. The minimum absolute atomic E-state index is 0.0471. The van der Waals surface area contributed by atoms with E-state index in [9.17, 15) is 29.8 Å². The molecule has 0 saturated heterocycles. The van der Waals surface area contributed by atoms with E-state index in [1.807, 2.05) is 0 Å². The number of ether oxygens (including phenoxy) is 2. The van der Waals surface area contributed by atoms with Crippen LogP contribution in [0.4, 0.5) is 11.4 Å². The van der Waals surface area contributed by atoms with Crippen LogP contribution in [0.5, 0.6) is 11.5 Å². The van der Waals surface area contributed by atoms with Gasteiger partial charge in [0.15, 0.2) is 12.4 Å². The molecule has 0 fully saturated rings. The fourth-order valence-electron chi connectivity index (χ4n) is 2.63. The lowest BCUT2D eigenvalue weighted by atomic mass is 10.2. The third-order valence-corrected chi connectivity index (χ3v) is 4.21. The first kappa shape index (κ1) is 23.5. The van der Waals surface area contributed by atoms with Crippen LogP contribution in [0.1, 0.15) is 15.9 Å². The number of para-hydroxylation sites is 2. The standard InChI is InChI=1S/C22H16N4O8/c27-21(14-33-20-7-2-1-6-19(20)26(31)32)24-23-13-15-4-3-5-18(12-15)34-22(28)16-8-10-17(11-9-16)25(29)30/h1-13H,14H2,(H,24,27)/b23-13+. The molecule has 34 heavy (non-hydrogen) atoms. The second kappa shape index (κ2) is 10.9. The van der Waals surface area contributed by atoms with E-state index in [4.69, 9.17) is 9.47 Å². The van der Waals surface area contributed by atoms with E-state index in [1.165, 1.54) is 60.8 Å². The monoisotopic (exact) mass is 464 g/mol. The van der Waals surface area contributed by atoms with Gasteiger partial charge in [0, 0.05) is 18.2 Å². The average molecular weight is 464 g/mol. The van der Waals surface area contributed by atoms with E-state index in [2.05, 4.69) is 10.5 Å². The Kier molecular flexibility index (Phi) is 7.58. The molecule has 12 nitrogen and oxygen atoms in total. The number of hydrogen-bond acceptors (Lipinski definition) is 9. The van der Waals surface area contributed by atoms with Crippen molar-refractivity contribution in [2.45, 2.75) is 0 Å². The average Bonchev–Trinajstić information content (AvgIpc) is 2.83. The molecule has 0 spiro atoms. The van der Waals surface area contributed by atoms with Gasteiger partial charge in [-0.15, -0.1) is 0 Å². The van der Waals surface area contributed by atoms with Crippen LogP contribution in [-0.2, 0) is 4.79 Å². The first-order chi connectivity index (χ1) is 16.3. The number of rotatable bonds is 9. The SMILES string of the molecule is O=C(COc1ccccc1[N+](=O)[O-])N/N=C/c1cccc(OC(=O)c2ccc([N+](=O)[O-])cc2)c1. The molecule has 0 heterocycles. The Bertz CT molecular complexity index is 1260. The van der Waals surface area contributed by atoms with Crippen molar-refractivity contribution in [3.05, 3.63) is 104 Å². The predicted molar refractivity (Wildman–Crippen MR) is 119 cm³/mol. The molecule has 3 rings (SSSR count). The summed E-state index contributed by atoms with van der Waals surface area (Å²) in [4.78, 5) is 44.6. The van der Waals surface area contributed by atoms with Crippen LogP contribution < -0.4 is 14.9 Å². The zero-order valence-corrected chi connectivity index (χ0v) is 17.3. The van der Waals surface area contributed by atoms with Crippen molar-refractivity contribution in [2.75, 3.05) is 6.61 Å². The maximum atomic E-state index is 12.2. The second-order valence-corrected chi connectivity index (χ2v) is 6.57. The quantitative estimate of drug-likeness (QED) is 0.166. The van der Waals surface area contributed by atoms with Gasteiger partial charge in [-0.05, 0) is 35.9 Å². The molecule has 0 aliphatic heterocycles. The van der Waals surface area contributed by atoms with E-state index in [0.717, 1.165) is 0 Å². The van der Waals surface area contributed by atoms with Crippen molar-refractivity contribution in [3.63, 3.8) is 0 Å². The minimum Gasteiger partial charge on any atom is -0.477 e. The molecule has 1 amide bonds. The van der Waals surface area contributed by atoms with E-state index in [0.29, 0.717) is 5.56 Å². The highest BCUT2D eigenvalue weighted by atomic mass is 16.6. The van der Waals surface area contributed by atoms with Gasteiger partial charge in [0.1, 0.15) is 5.75 Å². The highest BCUT2D eigenvalue weighted by Crippen LogP contribution is 2.25. The zero-order chi connectivity index (χ0) is 24.5. The summed E-state index contributed by atoms with van der Waals surface area (Å²) < 4.78 is 10.4.